The summed E-state index contributed by atoms with van der Waals surface area (Å²) in [5, 5.41) is 5.55. The summed E-state index contributed by atoms with van der Waals surface area (Å²) >= 11 is 0. The van der Waals surface area contributed by atoms with Crippen LogP contribution in [0, 0.1) is 13.8 Å². The number of carbonyl (C=O) groups is 2. The van der Waals surface area contributed by atoms with E-state index in [1.54, 1.807) is 32.9 Å². The molecule has 2 amide bonds. The van der Waals surface area contributed by atoms with Crippen LogP contribution in [0.15, 0.2) is 41.0 Å². The fourth-order valence-corrected chi connectivity index (χ4v) is 2.51. The molecule has 0 aliphatic carbocycles. The van der Waals surface area contributed by atoms with Crippen LogP contribution in [0.3, 0.4) is 0 Å². The van der Waals surface area contributed by atoms with Crippen LogP contribution in [-0.2, 0) is 16.0 Å². The highest BCUT2D eigenvalue weighted by Crippen LogP contribution is 2.20. The lowest BCUT2D eigenvalue weighted by atomic mass is 10.1. The van der Waals surface area contributed by atoms with E-state index in [0.29, 0.717) is 5.76 Å². The molecule has 0 bridgehead atoms. The first-order valence-electron chi connectivity index (χ1n) is 8.54. The number of nitrogens with one attached hydrogen (secondary N) is 2. The van der Waals surface area contributed by atoms with E-state index in [0.717, 1.165) is 16.8 Å². The van der Waals surface area contributed by atoms with E-state index >= 15 is 0 Å². The van der Waals surface area contributed by atoms with Crippen molar-refractivity contribution < 1.29 is 18.7 Å². The Balaban J connectivity index is 2.16. The molecule has 26 heavy (non-hydrogen) atoms. The normalized spacial score (nSPS) is 12.3. The minimum atomic E-state index is -0.824. The second-order valence-electron chi connectivity index (χ2n) is 7.24. The summed E-state index contributed by atoms with van der Waals surface area (Å²) in [4.78, 5) is 25.0. The second kappa shape index (κ2) is 8.08. The number of para-hydroxylation sites is 1. The first-order chi connectivity index (χ1) is 12.2. The van der Waals surface area contributed by atoms with Gasteiger partial charge in [-0.05, 0) is 57.9 Å². The molecule has 1 atom stereocenters. The number of carbonyl (C=O) groups excluding carboxylic acids is 2. The molecule has 0 fully saturated rings. The van der Waals surface area contributed by atoms with Crippen LogP contribution in [0.1, 0.15) is 37.7 Å². The molecule has 2 N–H and O–H groups in total. The molecule has 0 saturated carbocycles. The van der Waals surface area contributed by atoms with E-state index in [2.05, 4.69) is 10.6 Å². The standard InChI is InChI=1S/C20H26N2O4/c1-13-8-6-9-14(2)17(13)22-18(23)16(12-15-10-7-11-25-15)21-19(24)26-20(3,4)5/h6-11,16H,12H2,1-5H3,(H,21,24)(H,22,23). The van der Waals surface area contributed by atoms with Crippen molar-refractivity contribution in [3.8, 4) is 0 Å². The van der Waals surface area contributed by atoms with Gasteiger partial charge < -0.3 is 19.8 Å². The fraction of sp³-hybridized carbons (Fsp3) is 0.400. The van der Waals surface area contributed by atoms with Gasteiger partial charge in [0.2, 0.25) is 5.91 Å². The number of alkyl carbamates (subject to hydrolysis) is 1. The molecule has 1 aromatic heterocycles. The van der Waals surface area contributed by atoms with Gasteiger partial charge in [-0.2, -0.15) is 0 Å². The number of furan rings is 1. The molecule has 6 heteroatoms. The maximum atomic E-state index is 12.8. The van der Waals surface area contributed by atoms with Crippen LogP contribution in [0.5, 0.6) is 0 Å². The zero-order chi connectivity index (χ0) is 19.3. The lowest BCUT2D eigenvalue weighted by Gasteiger charge is -2.23. The Morgan fingerprint density at radius 1 is 1.12 bits per heavy atom. The van der Waals surface area contributed by atoms with Gasteiger partial charge in [0, 0.05) is 12.1 Å². The van der Waals surface area contributed by atoms with Crippen molar-refractivity contribution in [2.45, 2.75) is 52.7 Å². The lowest BCUT2D eigenvalue weighted by molar-refractivity contribution is -0.118. The summed E-state index contributed by atoms with van der Waals surface area (Å²) in [6.07, 6.45) is 1.11. The Morgan fingerprint density at radius 2 is 1.77 bits per heavy atom. The Bertz CT molecular complexity index is 740. The molecule has 0 radical (unpaired) electrons. The SMILES string of the molecule is Cc1cccc(C)c1NC(=O)C(Cc1ccco1)NC(=O)OC(C)(C)C. The molecular weight excluding hydrogens is 332 g/mol. The predicted octanol–water partition coefficient (Wildman–Crippen LogP) is 3.97. The highest BCUT2D eigenvalue weighted by molar-refractivity contribution is 5.97. The maximum absolute atomic E-state index is 12.8. The highest BCUT2D eigenvalue weighted by atomic mass is 16.6. The predicted molar refractivity (Wildman–Crippen MR) is 100 cm³/mol. The summed E-state index contributed by atoms with van der Waals surface area (Å²) in [7, 11) is 0. The van der Waals surface area contributed by atoms with Gasteiger partial charge in [-0.15, -0.1) is 0 Å². The van der Waals surface area contributed by atoms with Crippen molar-refractivity contribution in [2.24, 2.45) is 0 Å². The van der Waals surface area contributed by atoms with Crippen molar-refractivity contribution in [3.05, 3.63) is 53.5 Å². The van der Waals surface area contributed by atoms with Crippen LogP contribution in [0.25, 0.3) is 0 Å². The topological polar surface area (TPSA) is 80.6 Å². The molecule has 2 rings (SSSR count). The third-order valence-corrected chi connectivity index (χ3v) is 3.72. The van der Waals surface area contributed by atoms with Crippen molar-refractivity contribution in [2.75, 3.05) is 5.32 Å². The Labute approximate surface area is 153 Å². The van der Waals surface area contributed by atoms with Gasteiger partial charge in [-0.1, -0.05) is 18.2 Å². The van der Waals surface area contributed by atoms with E-state index in [1.165, 1.54) is 6.26 Å². The number of aryl methyl sites for hydroxylation is 2. The van der Waals surface area contributed by atoms with Gasteiger partial charge >= 0.3 is 6.09 Å². The highest BCUT2D eigenvalue weighted by Gasteiger charge is 2.26. The quantitative estimate of drug-likeness (QED) is 0.847. The average molecular weight is 358 g/mol. The summed E-state index contributed by atoms with van der Waals surface area (Å²) in [6.45, 7) is 9.15. The molecular formula is C20H26N2O4. The Kier molecular flexibility index (Phi) is 6.08. The lowest BCUT2D eigenvalue weighted by Crippen LogP contribution is -2.47. The smallest absolute Gasteiger partial charge is 0.408 e. The molecule has 0 aliphatic heterocycles. The summed E-state index contributed by atoms with van der Waals surface area (Å²) < 4.78 is 10.6. The fourth-order valence-electron chi connectivity index (χ4n) is 2.51. The Hall–Kier alpha value is -2.76. The maximum Gasteiger partial charge on any atom is 0.408 e. The average Bonchev–Trinajstić information content (AvgIpc) is 3.01. The van der Waals surface area contributed by atoms with Gasteiger partial charge in [0.05, 0.1) is 6.26 Å². The van der Waals surface area contributed by atoms with Gasteiger partial charge in [0.15, 0.2) is 0 Å². The monoisotopic (exact) mass is 358 g/mol. The summed E-state index contributed by atoms with van der Waals surface area (Å²) in [5.74, 6) is 0.271. The number of amides is 2. The van der Waals surface area contributed by atoms with Crippen LogP contribution < -0.4 is 10.6 Å². The largest absolute Gasteiger partial charge is 0.469 e. The number of ether oxygens (including phenoxy) is 1. The number of rotatable bonds is 5. The van der Waals surface area contributed by atoms with E-state index < -0.39 is 17.7 Å². The second-order valence-corrected chi connectivity index (χ2v) is 7.24. The van der Waals surface area contributed by atoms with E-state index in [-0.39, 0.29) is 12.3 Å². The van der Waals surface area contributed by atoms with Gasteiger partial charge in [0.1, 0.15) is 17.4 Å². The molecule has 0 aliphatic rings. The van der Waals surface area contributed by atoms with Crippen LogP contribution >= 0.6 is 0 Å². The number of hydrogen-bond acceptors (Lipinski definition) is 4. The first-order valence-corrected chi connectivity index (χ1v) is 8.54. The molecule has 1 aromatic carbocycles. The van der Waals surface area contributed by atoms with Gasteiger partial charge in [-0.3, -0.25) is 4.79 Å². The van der Waals surface area contributed by atoms with Crippen LogP contribution in [0.4, 0.5) is 10.5 Å². The molecule has 0 saturated heterocycles. The molecule has 6 nitrogen and oxygen atoms in total. The van der Waals surface area contributed by atoms with Crippen LogP contribution in [0.2, 0.25) is 0 Å². The minimum absolute atomic E-state index is 0.225. The number of anilines is 1. The van der Waals surface area contributed by atoms with E-state index in [1.807, 2.05) is 32.0 Å². The molecule has 140 valence electrons. The molecule has 2 aromatic rings. The molecule has 1 unspecified atom stereocenters. The van der Waals surface area contributed by atoms with Crippen molar-refractivity contribution in [1.82, 2.24) is 5.32 Å². The van der Waals surface area contributed by atoms with Gasteiger partial charge in [0.25, 0.3) is 0 Å². The number of hydrogen-bond donors (Lipinski definition) is 2. The Morgan fingerprint density at radius 3 is 2.31 bits per heavy atom. The molecule has 1 heterocycles. The summed E-state index contributed by atoms with van der Waals surface area (Å²) in [5.41, 5.74) is 2.00. The summed E-state index contributed by atoms with van der Waals surface area (Å²) in [6, 6.07) is 8.45. The minimum Gasteiger partial charge on any atom is -0.469 e. The first kappa shape index (κ1) is 19.6. The van der Waals surface area contributed by atoms with Crippen molar-refractivity contribution >= 4 is 17.7 Å². The third kappa shape index (κ3) is 5.65. The third-order valence-electron chi connectivity index (χ3n) is 3.72. The molecule has 0 spiro atoms. The zero-order valence-corrected chi connectivity index (χ0v) is 15.9. The van der Waals surface area contributed by atoms with Crippen molar-refractivity contribution in [1.29, 1.82) is 0 Å². The van der Waals surface area contributed by atoms with Gasteiger partial charge in [-0.25, -0.2) is 4.79 Å². The van der Waals surface area contributed by atoms with Crippen molar-refractivity contribution in [3.63, 3.8) is 0 Å². The number of benzene rings is 1. The zero-order valence-electron chi connectivity index (χ0n) is 15.9. The van der Waals surface area contributed by atoms with E-state index in [4.69, 9.17) is 9.15 Å². The van der Waals surface area contributed by atoms with E-state index in [9.17, 15) is 9.59 Å². The van der Waals surface area contributed by atoms with Crippen LogP contribution in [-0.4, -0.2) is 23.6 Å².